The number of thioether (sulfide) groups is 1. The highest BCUT2D eigenvalue weighted by molar-refractivity contribution is 8.26. The van der Waals surface area contributed by atoms with E-state index in [4.69, 9.17) is 4.74 Å². The van der Waals surface area contributed by atoms with Crippen LogP contribution < -0.4 is 0 Å². The lowest BCUT2D eigenvalue weighted by Gasteiger charge is -2.30. The van der Waals surface area contributed by atoms with Crippen LogP contribution in [-0.2, 0) is 19.1 Å². The predicted octanol–water partition coefficient (Wildman–Crippen LogP) is 3.38. The minimum atomic E-state index is -1.19. The van der Waals surface area contributed by atoms with Crippen molar-refractivity contribution in [3.8, 4) is 0 Å². The van der Waals surface area contributed by atoms with Crippen LogP contribution in [0.25, 0.3) is 0 Å². The number of thiol groups is 1. The molecule has 0 N–H and O–H groups in total. The molecule has 20 heavy (non-hydrogen) atoms. The third kappa shape index (κ3) is 7.45. The Labute approximate surface area is 130 Å². The van der Waals surface area contributed by atoms with E-state index in [9.17, 15) is 14.4 Å². The van der Waals surface area contributed by atoms with Gasteiger partial charge < -0.3 is 4.74 Å². The number of unbranched alkanes of at least 4 members (excludes halogenated alkanes) is 2. The van der Waals surface area contributed by atoms with Gasteiger partial charge in [-0.25, -0.2) is 0 Å². The fraction of sp³-hybridized carbons (Fsp3) is 0.786. The summed E-state index contributed by atoms with van der Waals surface area (Å²) in [5.74, 6) is 0. The molecule has 0 saturated carbocycles. The zero-order valence-corrected chi connectivity index (χ0v) is 14.1. The lowest BCUT2D eigenvalue weighted by atomic mass is 9.94. The zero-order valence-electron chi connectivity index (χ0n) is 12.4. The van der Waals surface area contributed by atoms with Crippen molar-refractivity contribution in [1.82, 2.24) is 0 Å². The van der Waals surface area contributed by atoms with Crippen LogP contribution in [0.2, 0.25) is 0 Å². The molecule has 1 atom stereocenters. The van der Waals surface area contributed by atoms with Gasteiger partial charge in [-0.1, -0.05) is 33.1 Å². The van der Waals surface area contributed by atoms with Gasteiger partial charge in [0.05, 0.1) is 6.42 Å². The van der Waals surface area contributed by atoms with Gasteiger partial charge in [0, 0.05) is 13.5 Å². The minimum Gasteiger partial charge on any atom is -0.366 e. The molecule has 0 amide bonds. The summed E-state index contributed by atoms with van der Waals surface area (Å²) < 4.78 is 5.71. The SMILES string of the molecule is CCCCOC(CCCC)(CC(=O)SC(C)=O)C(=O)S. The molecule has 0 saturated heterocycles. The van der Waals surface area contributed by atoms with Gasteiger partial charge >= 0.3 is 0 Å². The number of rotatable bonds is 10. The smallest absolute Gasteiger partial charge is 0.218 e. The molecule has 0 rings (SSSR count). The molecule has 0 aromatic heterocycles. The Balaban J connectivity index is 4.91. The van der Waals surface area contributed by atoms with Crippen LogP contribution in [0.1, 0.15) is 59.3 Å². The van der Waals surface area contributed by atoms with Crippen molar-refractivity contribution >= 4 is 39.7 Å². The fourth-order valence-corrected chi connectivity index (χ4v) is 2.64. The quantitative estimate of drug-likeness (QED) is 0.494. The first-order chi connectivity index (χ1) is 9.38. The molecule has 0 aliphatic carbocycles. The van der Waals surface area contributed by atoms with Crippen LogP contribution in [-0.4, -0.2) is 27.6 Å². The van der Waals surface area contributed by atoms with Crippen molar-refractivity contribution in [3.63, 3.8) is 0 Å². The molecule has 0 aliphatic rings. The van der Waals surface area contributed by atoms with Crippen LogP contribution in [0.5, 0.6) is 0 Å². The van der Waals surface area contributed by atoms with Crippen molar-refractivity contribution in [3.05, 3.63) is 0 Å². The van der Waals surface area contributed by atoms with Gasteiger partial charge in [0.1, 0.15) is 5.60 Å². The highest BCUT2D eigenvalue weighted by atomic mass is 32.2. The van der Waals surface area contributed by atoms with E-state index in [0.717, 1.165) is 25.7 Å². The van der Waals surface area contributed by atoms with E-state index in [1.165, 1.54) is 6.92 Å². The topological polar surface area (TPSA) is 60.4 Å². The second kappa shape index (κ2) is 10.4. The highest BCUT2D eigenvalue weighted by Gasteiger charge is 2.39. The lowest BCUT2D eigenvalue weighted by Crippen LogP contribution is -2.41. The Hall–Kier alpha value is -0.330. The molecule has 0 heterocycles. The number of carbonyl (C=O) groups excluding carboxylic acids is 3. The molecule has 0 aromatic carbocycles. The molecule has 0 radical (unpaired) electrons. The van der Waals surface area contributed by atoms with Crippen molar-refractivity contribution in [1.29, 1.82) is 0 Å². The molecule has 4 nitrogen and oxygen atoms in total. The first-order valence-corrected chi connectivity index (χ1v) is 8.23. The summed E-state index contributed by atoms with van der Waals surface area (Å²) in [6.45, 7) is 5.78. The molecule has 1 unspecified atom stereocenters. The van der Waals surface area contributed by atoms with Crippen LogP contribution in [0, 0.1) is 0 Å². The van der Waals surface area contributed by atoms with Gasteiger partial charge in [0.15, 0.2) is 10.2 Å². The van der Waals surface area contributed by atoms with Gasteiger partial charge in [-0.15, -0.1) is 12.6 Å². The third-order valence-electron chi connectivity index (χ3n) is 2.89. The summed E-state index contributed by atoms with van der Waals surface area (Å²) in [6.07, 6.45) is 3.80. The highest BCUT2D eigenvalue weighted by Crippen LogP contribution is 2.29. The van der Waals surface area contributed by atoms with Crippen LogP contribution in [0.15, 0.2) is 0 Å². The Bertz CT molecular complexity index is 344. The zero-order chi connectivity index (χ0) is 15.6. The van der Waals surface area contributed by atoms with E-state index in [1.54, 1.807) is 0 Å². The monoisotopic (exact) mass is 320 g/mol. The lowest BCUT2D eigenvalue weighted by molar-refractivity contribution is -0.141. The van der Waals surface area contributed by atoms with Crippen molar-refractivity contribution in [2.75, 3.05) is 6.61 Å². The summed E-state index contributed by atoms with van der Waals surface area (Å²) >= 11 is 4.54. The molecule has 0 aliphatic heterocycles. The molecular weight excluding hydrogens is 296 g/mol. The summed E-state index contributed by atoms with van der Waals surface area (Å²) in [5, 5.41) is -1.05. The van der Waals surface area contributed by atoms with E-state index in [-0.39, 0.29) is 16.7 Å². The van der Waals surface area contributed by atoms with E-state index in [2.05, 4.69) is 12.6 Å². The fourth-order valence-electron chi connectivity index (χ4n) is 1.76. The summed E-state index contributed by atoms with van der Waals surface area (Å²) in [5.41, 5.74) is -1.19. The molecule has 6 heteroatoms. The predicted molar refractivity (Wildman–Crippen MR) is 85.0 cm³/mol. The average Bonchev–Trinajstić information content (AvgIpc) is 2.34. The van der Waals surface area contributed by atoms with Gasteiger partial charge in [-0.3, -0.25) is 14.4 Å². The minimum absolute atomic E-state index is 0.0940. The van der Waals surface area contributed by atoms with Gasteiger partial charge in [-0.05, 0) is 24.6 Å². The van der Waals surface area contributed by atoms with Gasteiger partial charge in [0.2, 0.25) is 5.12 Å². The summed E-state index contributed by atoms with van der Waals surface area (Å²) in [4.78, 5) is 34.7. The first kappa shape index (κ1) is 19.7. The van der Waals surface area contributed by atoms with Crippen LogP contribution in [0.3, 0.4) is 0 Å². The van der Waals surface area contributed by atoms with Gasteiger partial charge in [0.25, 0.3) is 0 Å². The molecule has 0 aromatic rings. The number of ether oxygens (including phenoxy) is 1. The number of carbonyl (C=O) groups is 3. The Morgan fingerprint density at radius 2 is 1.75 bits per heavy atom. The maximum absolute atomic E-state index is 11.9. The third-order valence-corrected chi connectivity index (χ3v) is 3.95. The van der Waals surface area contributed by atoms with Crippen molar-refractivity contribution < 1.29 is 19.1 Å². The summed E-state index contributed by atoms with van der Waals surface area (Å²) in [7, 11) is 0. The standard InChI is InChI=1S/C14H24O4S2/c1-4-6-8-14(13(17)19,18-9-7-5-2)10-12(16)20-11(3)15/h4-10H2,1-3H3,(H,17,19). The maximum Gasteiger partial charge on any atom is 0.218 e. The molecule has 0 fully saturated rings. The van der Waals surface area contributed by atoms with E-state index in [1.807, 2.05) is 13.8 Å². The Morgan fingerprint density at radius 1 is 1.15 bits per heavy atom. The first-order valence-electron chi connectivity index (χ1n) is 6.96. The summed E-state index contributed by atoms with van der Waals surface area (Å²) in [6, 6.07) is 0. The largest absolute Gasteiger partial charge is 0.366 e. The van der Waals surface area contributed by atoms with E-state index >= 15 is 0 Å². The molecule has 116 valence electrons. The molecule has 0 spiro atoms. The Kier molecular flexibility index (Phi) is 10.2. The average molecular weight is 320 g/mol. The normalized spacial score (nSPS) is 13.8. The van der Waals surface area contributed by atoms with Crippen LogP contribution in [0.4, 0.5) is 0 Å². The van der Waals surface area contributed by atoms with E-state index < -0.39 is 10.7 Å². The molecular formula is C14H24O4S2. The van der Waals surface area contributed by atoms with Crippen molar-refractivity contribution in [2.45, 2.75) is 64.9 Å². The van der Waals surface area contributed by atoms with Gasteiger partial charge in [-0.2, -0.15) is 0 Å². The second-order valence-electron chi connectivity index (χ2n) is 4.75. The van der Waals surface area contributed by atoms with Crippen LogP contribution >= 0.6 is 24.4 Å². The second-order valence-corrected chi connectivity index (χ2v) is 6.39. The molecule has 0 bridgehead atoms. The Morgan fingerprint density at radius 3 is 2.20 bits per heavy atom. The number of hydrogen-bond acceptors (Lipinski definition) is 5. The maximum atomic E-state index is 11.9. The van der Waals surface area contributed by atoms with E-state index in [0.29, 0.717) is 24.8 Å². The van der Waals surface area contributed by atoms with Crippen molar-refractivity contribution in [2.24, 2.45) is 0 Å². The number of hydrogen-bond donors (Lipinski definition) is 1.